The maximum absolute atomic E-state index is 12.5. The summed E-state index contributed by atoms with van der Waals surface area (Å²) >= 11 is 0. The average Bonchev–Trinajstić information content (AvgIpc) is 3.14. The van der Waals surface area contributed by atoms with E-state index in [4.69, 9.17) is 9.84 Å². The molecule has 0 atom stereocenters. The molecule has 0 aliphatic heterocycles. The van der Waals surface area contributed by atoms with Crippen molar-refractivity contribution in [3.63, 3.8) is 0 Å². The lowest BCUT2D eigenvalue weighted by atomic mass is 9.98. The number of amides is 2. The fraction of sp³-hybridized carbons (Fsp3) is 0.148. The van der Waals surface area contributed by atoms with Crippen molar-refractivity contribution in [2.75, 3.05) is 18.5 Å². The van der Waals surface area contributed by atoms with Crippen molar-refractivity contribution in [3.05, 3.63) is 102 Å². The summed E-state index contributed by atoms with van der Waals surface area (Å²) in [4.78, 5) is 35.0. The Bertz CT molecular complexity index is 1210. The topological polar surface area (TPSA) is 105 Å². The van der Waals surface area contributed by atoms with Gasteiger partial charge in [-0.15, -0.1) is 0 Å². The van der Waals surface area contributed by atoms with Crippen molar-refractivity contribution < 1.29 is 24.2 Å². The standard InChI is InChI=1S/C27H24N2O5/c30-25(28-14-6-13-26(31)32)16-18-7-5-8-19(15-18)29-27(33)34-17-24-22-11-3-1-9-20(22)21-10-2-4-12-23(21)24/h1-13,15,24H,14,16-17H2,(H,28,30)(H,29,33)(H,31,32)/b13-6+. The number of carboxylic acid groups (broad SMARTS) is 1. The van der Waals surface area contributed by atoms with Crippen molar-refractivity contribution in [3.8, 4) is 11.1 Å². The number of hydrogen-bond acceptors (Lipinski definition) is 4. The quantitative estimate of drug-likeness (QED) is 0.437. The minimum absolute atomic E-state index is 0.0247. The highest BCUT2D eigenvalue weighted by atomic mass is 16.5. The van der Waals surface area contributed by atoms with Crippen molar-refractivity contribution in [1.29, 1.82) is 0 Å². The van der Waals surface area contributed by atoms with Crippen molar-refractivity contribution in [2.45, 2.75) is 12.3 Å². The van der Waals surface area contributed by atoms with E-state index >= 15 is 0 Å². The third-order valence-corrected chi connectivity index (χ3v) is 5.56. The third kappa shape index (κ3) is 5.50. The van der Waals surface area contributed by atoms with Gasteiger partial charge in [-0.05, 0) is 39.9 Å². The first kappa shape index (κ1) is 22.8. The van der Waals surface area contributed by atoms with Crippen LogP contribution in [0.2, 0.25) is 0 Å². The Morgan fingerprint density at radius 3 is 2.26 bits per heavy atom. The second-order valence-electron chi connectivity index (χ2n) is 7.87. The number of benzene rings is 3. The lowest BCUT2D eigenvalue weighted by Crippen LogP contribution is -2.25. The molecule has 0 aromatic heterocycles. The number of ether oxygens (including phenoxy) is 1. The van der Waals surface area contributed by atoms with Gasteiger partial charge in [0.2, 0.25) is 5.91 Å². The van der Waals surface area contributed by atoms with Crippen molar-refractivity contribution >= 4 is 23.7 Å². The Labute approximate surface area is 197 Å². The first-order valence-electron chi connectivity index (χ1n) is 10.9. The van der Waals surface area contributed by atoms with E-state index in [2.05, 4.69) is 34.9 Å². The zero-order valence-electron chi connectivity index (χ0n) is 18.4. The van der Waals surface area contributed by atoms with Crippen LogP contribution >= 0.6 is 0 Å². The Morgan fingerprint density at radius 1 is 0.912 bits per heavy atom. The second-order valence-corrected chi connectivity index (χ2v) is 7.87. The Kier molecular flexibility index (Phi) is 7.03. The van der Waals surface area contributed by atoms with E-state index in [1.807, 2.05) is 24.3 Å². The fourth-order valence-corrected chi connectivity index (χ4v) is 4.09. The van der Waals surface area contributed by atoms with Crippen LogP contribution in [0.3, 0.4) is 0 Å². The summed E-state index contributed by atoms with van der Waals surface area (Å²) < 4.78 is 5.56. The van der Waals surface area contributed by atoms with Crippen LogP contribution < -0.4 is 10.6 Å². The van der Waals surface area contributed by atoms with Gasteiger partial charge in [0, 0.05) is 24.2 Å². The molecule has 4 rings (SSSR count). The Morgan fingerprint density at radius 2 is 1.59 bits per heavy atom. The van der Waals surface area contributed by atoms with Crippen LogP contribution in [0.5, 0.6) is 0 Å². The highest BCUT2D eigenvalue weighted by molar-refractivity contribution is 5.86. The molecule has 0 saturated carbocycles. The SMILES string of the molecule is O=C(O)/C=C/CNC(=O)Cc1cccc(NC(=O)OCC2c3ccccc3-c3ccccc32)c1. The van der Waals surface area contributed by atoms with Gasteiger partial charge in [0.1, 0.15) is 6.61 Å². The predicted molar refractivity (Wildman–Crippen MR) is 129 cm³/mol. The van der Waals surface area contributed by atoms with E-state index in [1.54, 1.807) is 24.3 Å². The zero-order chi connectivity index (χ0) is 23.9. The molecule has 0 spiro atoms. The molecule has 7 heteroatoms. The highest BCUT2D eigenvalue weighted by Gasteiger charge is 2.29. The smallest absolute Gasteiger partial charge is 0.411 e. The van der Waals surface area contributed by atoms with Gasteiger partial charge in [0.15, 0.2) is 0 Å². The normalized spacial score (nSPS) is 12.1. The van der Waals surface area contributed by atoms with Gasteiger partial charge in [-0.1, -0.05) is 66.7 Å². The molecule has 3 aromatic carbocycles. The number of aliphatic carboxylic acids is 1. The number of fused-ring (bicyclic) bond motifs is 3. The first-order chi connectivity index (χ1) is 16.5. The molecule has 34 heavy (non-hydrogen) atoms. The minimum atomic E-state index is -1.07. The van der Waals surface area contributed by atoms with E-state index in [1.165, 1.54) is 6.08 Å². The molecule has 3 aromatic rings. The molecule has 3 N–H and O–H groups in total. The summed E-state index contributed by atoms with van der Waals surface area (Å²) in [6, 6.07) is 23.2. The summed E-state index contributed by atoms with van der Waals surface area (Å²) in [5.74, 6) is -1.35. The van der Waals surface area contributed by atoms with E-state index in [0.717, 1.165) is 28.3 Å². The van der Waals surface area contributed by atoms with Gasteiger partial charge in [0.25, 0.3) is 0 Å². The third-order valence-electron chi connectivity index (χ3n) is 5.56. The van der Waals surface area contributed by atoms with Gasteiger partial charge in [-0.3, -0.25) is 10.1 Å². The molecule has 0 fully saturated rings. The van der Waals surface area contributed by atoms with Gasteiger partial charge >= 0.3 is 12.1 Å². The summed E-state index contributed by atoms with van der Waals surface area (Å²) in [6.07, 6.45) is 1.86. The number of anilines is 1. The lowest BCUT2D eigenvalue weighted by molar-refractivity contribution is -0.131. The molecule has 1 aliphatic carbocycles. The van der Waals surface area contributed by atoms with Crippen molar-refractivity contribution in [1.82, 2.24) is 5.32 Å². The largest absolute Gasteiger partial charge is 0.478 e. The second kappa shape index (κ2) is 10.5. The molecule has 0 bridgehead atoms. The number of rotatable bonds is 8. The van der Waals surface area contributed by atoms with Gasteiger partial charge in [-0.25, -0.2) is 9.59 Å². The molecule has 0 radical (unpaired) electrons. The van der Waals surface area contributed by atoms with Gasteiger partial charge < -0.3 is 15.2 Å². The van der Waals surface area contributed by atoms with Crippen LogP contribution in [-0.2, 0) is 20.7 Å². The molecule has 172 valence electrons. The maximum Gasteiger partial charge on any atom is 0.411 e. The first-order valence-corrected chi connectivity index (χ1v) is 10.9. The fourth-order valence-electron chi connectivity index (χ4n) is 4.09. The molecule has 0 heterocycles. The minimum Gasteiger partial charge on any atom is -0.478 e. The van der Waals surface area contributed by atoms with Gasteiger partial charge in [0.05, 0.1) is 6.42 Å². The number of carbonyl (C=O) groups excluding carboxylic acids is 2. The molecular weight excluding hydrogens is 432 g/mol. The predicted octanol–water partition coefficient (Wildman–Crippen LogP) is 4.35. The van der Waals surface area contributed by atoms with Crippen LogP contribution in [0, 0.1) is 0 Å². The van der Waals surface area contributed by atoms with Crippen molar-refractivity contribution in [2.24, 2.45) is 0 Å². The lowest BCUT2D eigenvalue weighted by Gasteiger charge is -2.15. The number of carbonyl (C=O) groups is 3. The number of carboxylic acids is 1. The van der Waals surface area contributed by atoms with Crippen LogP contribution in [0.1, 0.15) is 22.6 Å². The molecule has 7 nitrogen and oxygen atoms in total. The molecule has 1 aliphatic rings. The van der Waals surface area contributed by atoms with Gasteiger partial charge in [-0.2, -0.15) is 0 Å². The monoisotopic (exact) mass is 456 g/mol. The maximum atomic E-state index is 12.5. The van der Waals surface area contributed by atoms with Crippen LogP contribution in [0.4, 0.5) is 10.5 Å². The van der Waals surface area contributed by atoms with Crippen LogP contribution in [0.15, 0.2) is 84.9 Å². The summed E-state index contributed by atoms with van der Waals surface area (Å²) in [5.41, 5.74) is 5.84. The molecule has 0 unspecified atom stereocenters. The van der Waals surface area contributed by atoms with E-state index < -0.39 is 12.1 Å². The molecule has 2 amide bonds. The zero-order valence-corrected chi connectivity index (χ0v) is 18.4. The van der Waals surface area contributed by atoms with Crippen LogP contribution in [0.25, 0.3) is 11.1 Å². The number of nitrogens with one attached hydrogen (secondary N) is 2. The van der Waals surface area contributed by atoms with E-state index in [9.17, 15) is 14.4 Å². The summed E-state index contributed by atoms with van der Waals surface area (Å²) in [5, 5.41) is 13.9. The van der Waals surface area contributed by atoms with E-state index in [0.29, 0.717) is 11.3 Å². The highest BCUT2D eigenvalue weighted by Crippen LogP contribution is 2.44. The Hall–Kier alpha value is -4.39. The summed E-state index contributed by atoms with van der Waals surface area (Å²) in [7, 11) is 0. The van der Waals surface area contributed by atoms with Crippen LogP contribution in [-0.4, -0.2) is 36.2 Å². The number of hydrogen-bond donors (Lipinski definition) is 3. The molecular formula is C27H24N2O5. The Balaban J connectivity index is 1.33. The molecule has 0 saturated heterocycles. The average molecular weight is 456 g/mol. The summed E-state index contributed by atoms with van der Waals surface area (Å²) in [6.45, 7) is 0.342. The van der Waals surface area contributed by atoms with E-state index in [-0.39, 0.29) is 31.4 Å².